The van der Waals surface area contributed by atoms with E-state index < -0.39 is 11.5 Å². The first kappa shape index (κ1) is 21.8. The molecule has 5 nitrogen and oxygen atoms in total. The van der Waals surface area contributed by atoms with Crippen LogP contribution in [-0.2, 0) is 4.79 Å². The molecule has 25 heavy (non-hydrogen) atoms. The van der Waals surface area contributed by atoms with Crippen molar-refractivity contribution in [3.05, 3.63) is 12.4 Å². The molecule has 1 fully saturated rings. The lowest BCUT2D eigenvalue weighted by Crippen LogP contribution is -2.44. The molecule has 1 aliphatic heterocycles. The van der Waals surface area contributed by atoms with Gasteiger partial charge in [0.05, 0.1) is 6.67 Å². The summed E-state index contributed by atoms with van der Waals surface area (Å²) >= 11 is 0. The molecular formula is C20H39N3O2. The van der Waals surface area contributed by atoms with Crippen LogP contribution in [0.3, 0.4) is 0 Å². The van der Waals surface area contributed by atoms with E-state index in [1.807, 2.05) is 0 Å². The standard InChI is InChI=1S/C14H28N2.C6H11NO2/c1-3-4-5-6-7-8-9-10-11-16-13-12-15(2)14-16;7-6(5(8)9)3-1-2-4-6/h12-13H,3-11,14H2,1-2H3;1-4,7H2,(H,8,9). The first-order valence-electron chi connectivity index (χ1n) is 10.1. The molecule has 1 heterocycles. The van der Waals surface area contributed by atoms with Gasteiger partial charge in [0.1, 0.15) is 5.54 Å². The summed E-state index contributed by atoms with van der Waals surface area (Å²) in [5.74, 6) is -0.847. The second-order valence-electron chi connectivity index (χ2n) is 7.65. The molecule has 3 N–H and O–H groups in total. The number of nitrogens with two attached hydrogens (primary N) is 1. The Bertz CT molecular complexity index is 392. The number of nitrogens with zero attached hydrogens (tertiary/aromatic N) is 2. The number of hydrogen-bond acceptors (Lipinski definition) is 4. The molecule has 2 rings (SSSR count). The van der Waals surface area contributed by atoms with Crippen LogP contribution >= 0.6 is 0 Å². The van der Waals surface area contributed by atoms with Crippen LogP contribution in [0.2, 0.25) is 0 Å². The summed E-state index contributed by atoms with van der Waals surface area (Å²) in [6, 6.07) is 0. The van der Waals surface area contributed by atoms with Gasteiger partial charge in [-0.05, 0) is 19.3 Å². The Labute approximate surface area is 154 Å². The van der Waals surface area contributed by atoms with Crippen molar-refractivity contribution in [2.24, 2.45) is 5.73 Å². The van der Waals surface area contributed by atoms with Crippen LogP contribution < -0.4 is 5.73 Å². The first-order valence-corrected chi connectivity index (χ1v) is 10.1. The summed E-state index contributed by atoms with van der Waals surface area (Å²) in [6.07, 6.45) is 18.9. The molecule has 2 aliphatic rings. The van der Waals surface area contributed by atoms with E-state index in [4.69, 9.17) is 10.8 Å². The van der Waals surface area contributed by atoms with Crippen molar-refractivity contribution in [3.63, 3.8) is 0 Å². The maximum atomic E-state index is 10.4. The molecule has 0 atom stereocenters. The van der Waals surface area contributed by atoms with Crippen LogP contribution in [0.5, 0.6) is 0 Å². The number of aliphatic carboxylic acids is 1. The van der Waals surface area contributed by atoms with Gasteiger partial charge in [0, 0.05) is 26.0 Å². The Morgan fingerprint density at radius 1 is 1.04 bits per heavy atom. The van der Waals surface area contributed by atoms with Gasteiger partial charge in [-0.2, -0.15) is 0 Å². The van der Waals surface area contributed by atoms with Crippen LogP contribution in [0.25, 0.3) is 0 Å². The fraction of sp³-hybridized carbons (Fsp3) is 0.850. The van der Waals surface area contributed by atoms with E-state index in [-0.39, 0.29) is 0 Å². The van der Waals surface area contributed by atoms with Gasteiger partial charge in [0.25, 0.3) is 0 Å². The number of carbonyl (C=O) groups is 1. The van der Waals surface area contributed by atoms with E-state index in [0.29, 0.717) is 12.8 Å². The fourth-order valence-electron chi connectivity index (χ4n) is 3.40. The summed E-state index contributed by atoms with van der Waals surface area (Å²) in [7, 11) is 2.13. The molecule has 0 bridgehead atoms. The van der Waals surface area contributed by atoms with Crippen molar-refractivity contribution < 1.29 is 9.90 Å². The topological polar surface area (TPSA) is 69.8 Å². The van der Waals surface area contributed by atoms with Crippen LogP contribution in [0.15, 0.2) is 12.4 Å². The lowest BCUT2D eigenvalue weighted by molar-refractivity contribution is -0.143. The van der Waals surface area contributed by atoms with Crippen LogP contribution in [0.1, 0.15) is 84.0 Å². The third-order valence-corrected chi connectivity index (χ3v) is 5.16. The Balaban J connectivity index is 0.000000293. The third-order valence-electron chi connectivity index (χ3n) is 5.16. The normalized spacial score (nSPS) is 18.4. The van der Waals surface area contributed by atoms with Crippen LogP contribution in [0.4, 0.5) is 0 Å². The fourth-order valence-corrected chi connectivity index (χ4v) is 3.40. The zero-order valence-corrected chi connectivity index (χ0v) is 16.4. The zero-order valence-electron chi connectivity index (χ0n) is 16.4. The van der Waals surface area contributed by atoms with Gasteiger partial charge in [-0.15, -0.1) is 0 Å². The summed E-state index contributed by atoms with van der Waals surface area (Å²) in [5, 5.41) is 8.55. The third kappa shape index (κ3) is 9.15. The van der Waals surface area contributed by atoms with E-state index in [9.17, 15) is 4.79 Å². The molecule has 0 spiro atoms. The molecule has 0 aromatic carbocycles. The summed E-state index contributed by atoms with van der Waals surface area (Å²) in [4.78, 5) is 15.0. The molecule has 1 aliphatic carbocycles. The molecule has 0 saturated heterocycles. The number of carboxylic acids is 1. The minimum Gasteiger partial charge on any atom is -0.480 e. The van der Waals surface area contributed by atoms with E-state index in [1.54, 1.807) is 0 Å². The summed E-state index contributed by atoms with van der Waals surface area (Å²) in [6.45, 7) is 4.59. The molecule has 0 unspecified atom stereocenters. The highest BCUT2D eigenvalue weighted by Gasteiger charge is 2.36. The second-order valence-corrected chi connectivity index (χ2v) is 7.65. The number of rotatable bonds is 10. The van der Waals surface area contributed by atoms with Crippen molar-refractivity contribution >= 4 is 5.97 Å². The van der Waals surface area contributed by atoms with E-state index in [2.05, 4.69) is 36.2 Å². The zero-order chi connectivity index (χ0) is 18.5. The highest BCUT2D eigenvalue weighted by atomic mass is 16.4. The minimum absolute atomic E-state index is 0.641. The Morgan fingerprint density at radius 3 is 2.04 bits per heavy atom. The SMILES string of the molecule is CCCCCCCCCCN1C=CN(C)C1.NC1(C(=O)O)CCCC1. The van der Waals surface area contributed by atoms with E-state index in [1.165, 1.54) is 57.9 Å². The summed E-state index contributed by atoms with van der Waals surface area (Å²) in [5.41, 5.74) is 4.61. The van der Waals surface area contributed by atoms with Gasteiger partial charge < -0.3 is 20.6 Å². The van der Waals surface area contributed by atoms with Crippen LogP contribution in [-0.4, -0.2) is 46.7 Å². The lowest BCUT2D eigenvalue weighted by atomic mass is 10.0. The van der Waals surface area contributed by atoms with Gasteiger partial charge >= 0.3 is 5.97 Å². The Morgan fingerprint density at radius 2 is 1.60 bits per heavy atom. The summed E-state index contributed by atoms with van der Waals surface area (Å²) < 4.78 is 0. The molecule has 0 aromatic heterocycles. The maximum absolute atomic E-state index is 10.4. The largest absolute Gasteiger partial charge is 0.480 e. The maximum Gasteiger partial charge on any atom is 0.323 e. The Hall–Kier alpha value is -1.23. The van der Waals surface area contributed by atoms with Crippen molar-refractivity contribution in [2.75, 3.05) is 20.3 Å². The van der Waals surface area contributed by atoms with E-state index >= 15 is 0 Å². The van der Waals surface area contributed by atoms with Crippen LogP contribution in [0, 0.1) is 0 Å². The minimum atomic E-state index is -0.889. The molecule has 0 aromatic rings. The lowest BCUT2D eigenvalue weighted by Gasteiger charge is -2.17. The van der Waals surface area contributed by atoms with E-state index in [0.717, 1.165) is 19.5 Å². The van der Waals surface area contributed by atoms with Crippen molar-refractivity contribution in [1.29, 1.82) is 0 Å². The van der Waals surface area contributed by atoms with Gasteiger partial charge in [0.2, 0.25) is 0 Å². The Kier molecular flexibility index (Phi) is 10.6. The number of carboxylic acid groups (broad SMARTS) is 1. The van der Waals surface area contributed by atoms with Crippen molar-refractivity contribution in [2.45, 2.75) is 89.5 Å². The predicted molar refractivity (Wildman–Crippen MR) is 104 cm³/mol. The molecule has 0 radical (unpaired) electrons. The highest BCUT2D eigenvalue weighted by molar-refractivity contribution is 5.78. The van der Waals surface area contributed by atoms with Crippen molar-refractivity contribution in [3.8, 4) is 0 Å². The predicted octanol–water partition coefficient (Wildman–Crippen LogP) is 4.15. The number of unbranched alkanes of at least 4 members (excludes halogenated alkanes) is 7. The number of hydrogen-bond donors (Lipinski definition) is 2. The molecule has 5 heteroatoms. The average molecular weight is 354 g/mol. The van der Waals surface area contributed by atoms with Gasteiger partial charge in [0.15, 0.2) is 0 Å². The quantitative estimate of drug-likeness (QED) is 0.578. The average Bonchev–Trinajstić information content (AvgIpc) is 3.20. The highest BCUT2D eigenvalue weighted by Crippen LogP contribution is 2.26. The van der Waals surface area contributed by atoms with Gasteiger partial charge in [-0.25, -0.2) is 0 Å². The molecular weight excluding hydrogens is 314 g/mol. The smallest absolute Gasteiger partial charge is 0.323 e. The second kappa shape index (κ2) is 12.2. The first-order chi connectivity index (χ1) is 12.0. The monoisotopic (exact) mass is 353 g/mol. The molecule has 1 saturated carbocycles. The van der Waals surface area contributed by atoms with Crippen molar-refractivity contribution in [1.82, 2.24) is 9.80 Å². The van der Waals surface area contributed by atoms with Gasteiger partial charge in [-0.1, -0.05) is 64.7 Å². The van der Waals surface area contributed by atoms with Gasteiger partial charge in [-0.3, -0.25) is 4.79 Å². The molecule has 0 amide bonds. The molecule has 146 valence electrons.